The molecule has 9 heteroatoms. The molecule has 3 heterocycles. The fourth-order valence-corrected chi connectivity index (χ4v) is 3.58. The van der Waals surface area contributed by atoms with Crippen molar-refractivity contribution < 1.29 is 13.1 Å². The summed E-state index contributed by atoms with van der Waals surface area (Å²) in [5.41, 5.74) is 3.36. The zero-order valence-electron chi connectivity index (χ0n) is 19.6. The summed E-state index contributed by atoms with van der Waals surface area (Å²) in [4.78, 5) is 0. The molecule has 0 saturated carbocycles. The van der Waals surface area contributed by atoms with Crippen molar-refractivity contribution in [2.24, 2.45) is 0 Å². The molecule has 0 aliphatic carbocycles. The van der Waals surface area contributed by atoms with Crippen molar-refractivity contribution in [1.82, 2.24) is 29.3 Å². The van der Waals surface area contributed by atoms with Crippen LogP contribution in [0.1, 0.15) is 83.3 Å². The summed E-state index contributed by atoms with van der Waals surface area (Å²) in [5, 5.41) is 14.7. The van der Waals surface area contributed by atoms with E-state index in [2.05, 4.69) is 64.5 Å². The first kappa shape index (κ1) is 27.0. The second kappa shape index (κ2) is 14.1. The number of halogens is 2. The third-order valence-electron chi connectivity index (χ3n) is 5.59. The van der Waals surface area contributed by atoms with Gasteiger partial charge in [-0.2, -0.15) is 15.3 Å². The van der Waals surface area contributed by atoms with E-state index in [-0.39, 0.29) is 13.1 Å². The van der Waals surface area contributed by atoms with Crippen LogP contribution in [0.4, 0.5) is 0 Å². The Balaban J connectivity index is 0.00000114. The Morgan fingerprint density at radius 3 is 1.22 bits per heavy atom. The second-order valence-electron chi connectivity index (χ2n) is 8.09. The van der Waals surface area contributed by atoms with Crippen LogP contribution in [0.3, 0.4) is 0 Å². The first-order valence-corrected chi connectivity index (χ1v) is 14.8. The number of hydrogen-bond donors (Lipinski definition) is 0. The molecule has 0 spiro atoms. The maximum absolute atomic E-state index is 4.91. The summed E-state index contributed by atoms with van der Waals surface area (Å²) in [5.74, 6) is -0.653. The van der Waals surface area contributed by atoms with E-state index >= 15 is 0 Å². The summed E-state index contributed by atoms with van der Waals surface area (Å²) in [6, 6.07) is 6.37. The summed E-state index contributed by atoms with van der Waals surface area (Å²) in [7, 11) is 9.59. The van der Waals surface area contributed by atoms with Crippen molar-refractivity contribution in [3.05, 3.63) is 53.9 Å². The molecule has 0 saturated heterocycles. The molecular formula is C23H36Cl2MnN6. The van der Waals surface area contributed by atoms with Gasteiger partial charge in [0, 0.05) is 25.5 Å². The molecule has 0 N–H and O–H groups in total. The average Bonchev–Trinajstić information content (AvgIpc) is 3.56. The van der Waals surface area contributed by atoms with Crippen LogP contribution in [0.2, 0.25) is 0 Å². The molecule has 32 heavy (non-hydrogen) atoms. The van der Waals surface area contributed by atoms with E-state index in [1.807, 2.05) is 14.0 Å². The molecule has 0 fully saturated rings. The molecule has 0 bridgehead atoms. The van der Waals surface area contributed by atoms with E-state index in [1.165, 1.54) is 19.3 Å². The Bertz CT molecular complexity index is 791. The van der Waals surface area contributed by atoms with Gasteiger partial charge in [-0.3, -0.25) is 0 Å². The second-order valence-corrected chi connectivity index (χ2v) is 10.0. The van der Waals surface area contributed by atoms with Gasteiger partial charge < -0.3 is 0 Å². The molecule has 0 aliphatic heterocycles. The predicted octanol–water partition coefficient (Wildman–Crippen LogP) is 6.41. The summed E-state index contributed by atoms with van der Waals surface area (Å²) in [6.07, 6.45) is 16.2. The van der Waals surface area contributed by atoms with Gasteiger partial charge in [-0.05, 0) is 56.7 Å². The summed E-state index contributed by atoms with van der Waals surface area (Å²) in [6.45, 7) is 8.77. The summed E-state index contributed by atoms with van der Waals surface area (Å²) < 4.78 is 6.02. The quantitative estimate of drug-likeness (QED) is 0.259. The molecule has 179 valence electrons. The van der Waals surface area contributed by atoms with E-state index in [0.717, 1.165) is 55.6 Å². The first-order valence-electron chi connectivity index (χ1n) is 11.5. The first-order chi connectivity index (χ1) is 15.5. The molecule has 0 radical (unpaired) electrons. The SMILES string of the molecule is CCCCc1ccn(C(C)(n2ccc(CCCC)n2)n2ccc(CCCC)n2)n1.[Cl][Mn][Cl]. The summed E-state index contributed by atoms with van der Waals surface area (Å²) >= 11 is 0.00694. The minimum atomic E-state index is -0.653. The average molecular weight is 522 g/mol. The molecule has 0 aliphatic rings. The molecule has 3 aromatic rings. The molecule has 0 atom stereocenters. The van der Waals surface area contributed by atoms with Crippen molar-refractivity contribution in [3.63, 3.8) is 0 Å². The molecule has 3 aromatic heterocycles. The fourth-order valence-electron chi connectivity index (χ4n) is 3.58. The van der Waals surface area contributed by atoms with E-state index in [4.69, 9.17) is 35.5 Å². The third kappa shape index (κ3) is 7.11. The molecular weight excluding hydrogens is 486 g/mol. The third-order valence-corrected chi connectivity index (χ3v) is 5.59. The zero-order chi connectivity index (χ0) is 23.4. The van der Waals surface area contributed by atoms with Crippen molar-refractivity contribution >= 4 is 20.2 Å². The van der Waals surface area contributed by atoms with Gasteiger partial charge in [-0.1, -0.05) is 40.0 Å². The van der Waals surface area contributed by atoms with Gasteiger partial charge in [0.2, 0.25) is 5.79 Å². The number of aryl methyl sites for hydroxylation is 3. The number of unbranched alkanes of at least 4 members (excludes halogenated alkanes) is 3. The standard InChI is InChI=1S/C23H36N6.2ClH.Mn/c1-5-8-11-20-14-17-27(24-20)23(4,28-18-15-21(25-28)12-9-6-2)29-19-16-22(26-29)13-10-7-3;;;/h14-19H,5-13H2,1-4H3;2*1H;/q;;;+2/p-2. The van der Waals surface area contributed by atoms with Crippen LogP contribution >= 0.6 is 20.2 Å². The molecule has 6 nitrogen and oxygen atoms in total. The number of aromatic nitrogens is 6. The van der Waals surface area contributed by atoms with Gasteiger partial charge in [0.1, 0.15) is 0 Å². The van der Waals surface area contributed by atoms with Crippen LogP contribution in [-0.2, 0) is 38.2 Å². The van der Waals surface area contributed by atoms with E-state index in [0.29, 0.717) is 0 Å². The zero-order valence-corrected chi connectivity index (χ0v) is 22.3. The van der Waals surface area contributed by atoms with E-state index in [9.17, 15) is 0 Å². The number of hydrogen-bond acceptors (Lipinski definition) is 3. The number of rotatable bonds is 12. The van der Waals surface area contributed by atoms with E-state index in [1.54, 1.807) is 0 Å². The number of nitrogens with zero attached hydrogens (tertiary/aromatic N) is 6. The van der Waals surface area contributed by atoms with Crippen molar-refractivity contribution in [2.45, 2.75) is 91.3 Å². The van der Waals surface area contributed by atoms with Crippen LogP contribution in [0.15, 0.2) is 36.8 Å². The van der Waals surface area contributed by atoms with Crippen molar-refractivity contribution in [2.75, 3.05) is 0 Å². The normalized spacial score (nSPS) is 11.4. The van der Waals surface area contributed by atoms with Crippen LogP contribution in [0.25, 0.3) is 0 Å². The van der Waals surface area contributed by atoms with Gasteiger partial charge in [0.05, 0.1) is 17.1 Å². The topological polar surface area (TPSA) is 53.5 Å². The van der Waals surface area contributed by atoms with Crippen LogP contribution < -0.4 is 0 Å². The van der Waals surface area contributed by atoms with Crippen LogP contribution in [0.5, 0.6) is 0 Å². The van der Waals surface area contributed by atoms with Gasteiger partial charge >= 0.3 is 33.3 Å². The predicted molar refractivity (Wildman–Crippen MR) is 129 cm³/mol. The Morgan fingerprint density at radius 1 is 0.688 bits per heavy atom. The van der Waals surface area contributed by atoms with Crippen molar-refractivity contribution in [1.29, 1.82) is 0 Å². The maximum atomic E-state index is 4.91. The van der Waals surface area contributed by atoms with E-state index < -0.39 is 5.79 Å². The Hall–Kier alpha value is -1.27. The minimum absolute atomic E-state index is 0.00694. The Labute approximate surface area is 207 Å². The van der Waals surface area contributed by atoms with Gasteiger partial charge in [0.15, 0.2) is 0 Å². The molecule has 0 amide bonds. The van der Waals surface area contributed by atoms with Gasteiger partial charge in [-0.25, -0.2) is 14.0 Å². The van der Waals surface area contributed by atoms with Crippen LogP contribution in [0, 0.1) is 0 Å². The van der Waals surface area contributed by atoms with Gasteiger partial charge in [-0.15, -0.1) is 0 Å². The molecule has 3 rings (SSSR count). The van der Waals surface area contributed by atoms with Gasteiger partial charge in [0.25, 0.3) is 0 Å². The van der Waals surface area contributed by atoms with Crippen LogP contribution in [-0.4, -0.2) is 29.3 Å². The molecule has 0 unspecified atom stereocenters. The monoisotopic (exact) mass is 521 g/mol. The van der Waals surface area contributed by atoms with Crippen molar-refractivity contribution in [3.8, 4) is 0 Å². The Kier molecular flexibility index (Phi) is 11.9. The molecule has 0 aromatic carbocycles. The fraction of sp³-hybridized carbons (Fsp3) is 0.609. The Morgan fingerprint density at radius 2 is 0.969 bits per heavy atom.